The van der Waals surface area contributed by atoms with Crippen LogP contribution in [0, 0.1) is 11.6 Å². The molecular formula is C37H45F2N8O5+. The third kappa shape index (κ3) is 7.62. The Hall–Kier alpha value is -4.96. The van der Waals surface area contributed by atoms with Crippen LogP contribution in [0.1, 0.15) is 39.3 Å². The van der Waals surface area contributed by atoms with Gasteiger partial charge in [-0.05, 0) is 74.0 Å². The second kappa shape index (κ2) is 15.7. The van der Waals surface area contributed by atoms with Gasteiger partial charge in [0.2, 0.25) is 6.34 Å². The Bertz CT molecular complexity index is 1910. The highest BCUT2D eigenvalue weighted by molar-refractivity contribution is 5.69. The SMILES string of the molecule is C.CC[C@@H]([C@H](C)O)n1ncn(-c2ccc(N3CCN(c4ccc(OC[C@@H]5CO[C@@](C[NH+]6C=NC=N6)(c6ccc(F)cc6F)O5)cc4)CC3)cc2)c1=O. The number of piperazine rings is 1. The van der Waals surface area contributed by atoms with Gasteiger partial charge < -0.3 is 29.1 Å². The zero-order chi connectivity index (χ0) is 35.5. The molecule has 0 bridgehead atoms. The summed E-state index contributed by atoms with van der Waals surface area (Å²) >= 11 is 0. The molecule has 0 amide bonds. The van der Waals surface area contributed by atoms with Gasteiger partial charge in [0.25, 0.3) is 5.79 Å². The highest BCUT2D eigenvalue weighted by Crippen LogP contribution is 2.36. The van der Waals surface area contributed by atoms with Crippen molar-refractivity contribution >= 4 is 24.1 Å². The molecule has 1 aromatic heterocycles. The van der Waals surface area contributed by atoms with Gasteiger partial charge >= 0.3 is 5.69 Å². The van der Waals surface area contributed by atoms with Crippen molar-refractivity contribution in [1.29, 1.82) is 0 Å². The second-order valence-corrected chi connectivity index (χ2v) is 12.9. The molecule has 4 aromatic rings. The summed E-state index contributed by atoms with van der Waals surface area (Å²) in [6, 6.07) is 18.7. The van der Waals surface area contributed by atoms with E-state index >= 15 is 0 Å². The monoisotopic (exact) mass is 719 g/mol. The number of aromatic nitrogens is 3. The maximum absolute atomic E-state index is 14.9. The molecule has 3 aliphatic rings. The molecule has 7 rings (SSSR count). The Kier molecular flexibility index (Phi) is 11.1. The first-order valence-electron chi connectivity index (χ1n) is 17.1. The van der Waals surface area contributed by atoms with Gasteiger partial charge in [-0.1, -0.05) is 19.5 Å². The van der Waals surface area contributed by atoms with Crippen molar-refractivity contribution in [2.24, 2.45) is 10.1 Å². The van der Waals surface area contributed by atoms with Gasteiger partial charge in [-0.2, -0.15) is 15.1 Å². The van der Waals surface area contributed by atoms with Gasteiger partial charge in [0.15, 0.2) is 12.9 Å². The van der Waals surface area contributed by atoms with Gasteiger partial charge in [-0.15, -0.1) is 0 Å². The van der Waals surface area contributed by atoms with Crippen molar-refractivity contribution in [2.75, 3.05) is 55.7 Å². The Morgan fingerprint density at radius 1 is 1.00 bits per heavy atom. The van der Waals surface area contributed by atoms with Crippen molar-refractivity contribution in [1.82, 2.24) is 14.3 Å². The van der Waals surface area contributed by atoms with Crippen molar-refractivity contribution in [2.45, 2.75) is 51.7 Å². The second-order valence-electron chi connectivity index (χ2n) is 12.9. The number of aliphatic hydroxyl groups is 1. The summed E-state index contributed by atoms with van der Waals surface area (Å²) < 4.78 is 49.8. The summed E-state index contributed by atoms with van der Waals surface area (Å²) in [6.07, 6.45) is 3.88. The molecule has 15 heteroatoms. The maximum atomic E-state index is 14.9. The minimum atomic E-state index is -1.48. The summed E-state index contributed by atoms with van der Waals surface area (Å²) in [6.45, 7) is 7.33. The van der Waals surface area contributed by atoms with Crippen molar-refractivity contribution in [3.05, 3.63) is 101 Å². The Labute approximate surface area is 300 Å². The number of rotatable bonds is 12. The largest absolute Gasteiger partial charge is 0.491 e. The van der Waals surface area contributed by atoms with Gasteiger partial charge in [-0.25, -0.2) is 22.8 Å². The molecule has 3 aliphatic heterocycles. The molecule has 2 saturated heterocycles. The van der Waals surface area contributed by atoms with Crippen molar-refractivity contribution in [3.63, 3.8) is 0 Å². The molecule has 13 nitrogen and oxygen atoms in total. The average Bonchev–Trinajstić information content (AvgIpc) is 3.90. The van der Waals surface area contributed by atoms with Crippen molar-refractivity contribution in [3.8, 4) is 11.4 Å². The minimum Gasteiger partial charge on any atom is -0.491 e. The Morgan fingerprint density at radius 3 is 2.25 bits per heavy atom. The van der Waals surface area contributed by atoms with Crippen LogP contribution in [0.25, 0.3) is 5.69 Å². The van der Waals surface area contributed by atoms with E-state index in [1.54, 1.807) is 13.3 Å². The average molecular weight is 720 g/mol. The lowest BCUT2D eigenvalue weighted by Gasteiger charge is -2.37. The predicted molar refractivity (Wildman–Crippen MR) is 194 cm³/mol. The number of anilines is 2. The minimum absolute atomic E-state index is 0. The van der Waals surface area contributed by atoms with E-state index in [-0.39, 0.29) is 44.5 Å². The number of hydrogen-bond acceptors (Lipinski definition) is 10. The highest BCUT2D eigenvalue weighted by atomic mass is 19.1. The fraction of sp³-hybridized carbons (Fsp3) is 0.405. The zero-order valence-electron chi connectivity index (χ0n) is 28.4. The molecule has 276 valence electrons. The number of nitrogens with zero attached hydrogens (tertiary/aromatic N) is 7. The first-order valence-corrected chi connectivity index (χ1v) is 17.1. The lowest BCUT2D eigenvalue weighted by atomic mass is 10.0. The first-order chi connectivity index (χ1) is 24.7. The summed E-state index contributed by atoms with van der Waals surface area (Å²) in [5, 5.41) is 19.0. The molecule has 4 heterocycles. The Balaban J connectivity index is 0.00000464. The quantitative estimate of drug-likeness (QED) is 0.229. The van der Waals surface area contributed by atoms with Gasteiger partial charge in [0, 0.05) is 43.6 Å². The lowest BCUT2D eigenvalue weighted by Crippen LogP contribution is -3.07. The number of ether oxygens (including phenoxy) is 3. The van der Waals surface area contributed by atoms with E-state index in [2.05, 4.69) is 25.0 Å². The van der Waals surface area contributed by atoms with Crippen LogP contribution in [0.15, 0.2) is 87.9 Å². The van der Waals surface area contributed by atoms with Gasteiger partial charge in [0.1, 0.15) is 36.4 Å². The molecule has 1 unspecified atom stereocenters. The fourth-order valence-electron chi connectivity index (χ4n) is 6.79. The summed E-state index contributed by atoms with van der Waals surface area (Å²) in [5.74, 6) is -2.27. The van der Waals surface area contributed by atoms with Gasteiger partial charge in [-0.3, -0.25) is 0 Å². The van der Waals surface area contributed by atoms with E-state index in [0.29, 0.717) is 17.2 Å². The molecular weight excluding hydrogens is 674 g/mol. The number of halogens is 2. The standard InChI is InChI=1S/C36H40F2N8O5.CH4/c1-3-34(25(2)47)46-35(48)45(24-41-46)29-7-5-27(6-8-29)42-14-16-43(17-15-42)28-9-11-30(12-10-28)49-19-31-20-50-36(51-31,21-44-23-39-22-40-44)32-13-4-26(37)18-33(32)38;/h4-13,18,22-25,31,34,47H,3,14-17,19-21H2,1-2H3;1H4/p+1/t25-,31+,34-,36+;/m0./s1. The third-order valence-electron chi connectivity index (χ3n) is 9.52. The van der Waals surface area contributed by atoms with E-state index in [9.17, 15) is 18.7 Å². The predicted octanol–water partition coefficient (Wildman–Crippen LogP) is 3.12. The molecule has 52 heavy (non-hydrogen) atoms. The smallest absolute Gasteiger partial charge is 0.350 e. The van der Waals surface area contributed by atoms with E-state index < -0.39 is 29.6 Å². The molecule has 5 atom stereocenters. The molecule has 0 aliphatic carbocycles. The molecule has 3 aromatic carbocycles. The maximum Gasteiger partial charge on any atom is 0.350 e. The lowest BCUT2D eigenvalue weighted by molar-refractivity contribution is -0.817. The number of aliphatic imine (C=N–C) groups is 1. The molecule has 2 N–H and O–H groups in total. The number of benzene rings is 3. The van der Waals surface area contributed by atoms with Crippen LogP contribution < -0.4 is 25.2 Å². The highest BCUT2D eigenvalue weighted by Gasteiger charge is 2.49. The van der Waals surface area contributed by atoms with Crippen LogP contribution in [0.2, 0.25) is 0 Å². The number of quaternary nitrogens is 1. The van der Waals surface area contributed by atoms with Crippen LogP contribution in [-0.2, 0) is 15.3 Å². The van der Waals surface area contributed by atoms with E-state index in [1.165, 1.54) is 34.0 Å². The summed E-state index contributed by atoms with van der Waals surface area (Å²) in [4.78, 5) is 21.6. The van der Waals surface area contributed by atoms with Crippen LogP contribution in [0.4, 0.5) is 20.2 Å². The van der Waals surface area contributed by atoms with E-state index in [1.807, 2.05) is 55.5 Å². The van der Waals surface area contributed by atoms with Crippen LogP contribution in [0.3, 0.4) is 0 Å². The van der Waals surface area contributed by atoms with E-state index in [0.717, 1.165) is 49.3 Å². The van der Waals surface area contributed by atoms with Crippen LogP contribution >= 0.6 is 0 Å². The normalized spacial score (nSPS) is 22.4. The molecule has 2 fully saturated rings. The summed E-state index contributed by atoms with van der Waals surface area (Å²) in [7, 11) is 0. The molecule has 0 spiro atoms. The van der Waals surface area contributed by atoms with Crippen LogP contribution in [0.5, 0.6) is 5.75 Å². The topological polar surface area (TPSA) is 123 Å². The van der Waals surface area contributed by atoms with Gasteiger partial charge in [0.05, 0.1) is 30.0 Å². The molecule has 0 radical (unpaired) electrons. The van der Waals surface area contributed by atoms with Crippen molar-refractivity contribution < 1.29 is 33.1 Å². The number of aliphatic hydroxyl groups excluding tert-OH is 1. The third-order valence-corrected chi connectivity index (χ3v) is 9.52. The number of nitrogens with one attached hydrogen (secondary N) is 1. The Morgan fingerprint density at radius 2 is 1.65 bits per heavy atom. The first kappa shape index (κ1) is 36.8. The summed E-state index contributed by atoms with van der Waals surface area (Å²) in [5.41, 5.74) is 2.69. The van der Waals surface area contributed by atoms with E-state index in [4.69, 9.17) is 14.2 Å². The zero-order valence-corrected chi connectivity index (χ0v) is 28.4. The fourth-order valence-corrected chi connectivity index (χ4v) is 6.79. The molecule has 0 saturated carbocycles. The number of hydrogen-bond donors (Lipinski definition) is 2. The van der Waals surface area contributed by atoms with Crippen LogP contribution in [-0.4, -0.2) is 90.3 Å².